The number of ether oxygens (including phenoxy) is 1. The molecule has 8 atom stereocenters. The summed E-state index contributed by atoms with van der Waals surface area (Å²) >= 11 is 0. The van der Waals surface area contributed by atoms with Gasteiger partial charge in [-0.3, -0.25) is 4.79 Å². The van der Waals surface area contributed by atoms with Crippen LogP contribution in [0, 0.1) is 35.0 Å². The van der Waals surface area contributed by atoms with Crippen LogP contribution in [-0.2, 0) is 9.53 Å². The van der Waals surface area contributed by atoms with E-state index in [9.17, 15) is 15.0 Å². The SMILES string of the molecule is CC1(O)C[C@H]2C(=O)[C@@H]3COC(C)(C)[C@@H]4CC[C@@](C)(C[C@@H]43)[C@@H]2CC1O. The van der Waals surface area contributed by atoms with Crippen LogP contribution in [0.4, 0.5) is 0 Å². The smallest absolute Gasteiger partial charge is 0.142 e. The average Bonchev–Trinajstić information content (AvgIpc) is 2.54. The number of aliphatic hydroxyl groups is 2. The fourth-order valence-corrected chi connectivity index (χ4v) is 6.66. The molecule has 0 aromatic heterocycles. The molecule has 4 fully saturated rings. The summed E-state index contributed by atoms with van der Waals surface area (Å²) < 4.78 is 6.14. The molecule has 1 aliphatic heterocycles. The number of carbonyl (C=O) groups is 1. The van der Waals surface area contributed by atoms with Crippen molar-refractivity contribution in [2.45, 2.75) is 77.1 Å². The molecule has 4 aliphatic rings. The number of ketones is 1. The summed E-state index contributed by atoms with van der Waals surface area (Å²) in [5.41, 5.74) is -1.20. The predicted molar refractivity (Wildman–Crippen MR) is 90.3 cm³/mol. The van der Waals surface area contributed by atoms with Crippen LogP contribution in [0.1, 0.15) is 59.8 Å². The van der Waals surface area contributed by atoms with Crippen LogP contribution >= 0.6 is 0 Å². The number of rotatable bonds is 0. The Morgan fingerprint density at radius 1 is 1.08 bits per heavy atom. The maximum atomic E-state index is 13.4. The van der Waals surface area contributed by atoms with Gasteiger partial charge in [-0.25, -0.2) is 0 Å². The number of carbonyl (C=O) groups excluding carboxylic acids is 1. The first-order valence-electron chi connectivity index (χ1n) is 9.63. The Bertz CT molecular complexity index is 554. The molecule has 136 valence electrons. The highest BCUT2D eigenvalue weighted by Gasteiger charge is 2.61. The van der Waals surface area contributed by atoms with Gasteiger partial charge in [0.1, 0.15) is 5.78 Å². The van der Waals surface area contributed by atoms with E-state index in [1.54, 1.807) is 6.92 Å². The van der Waals surface area contributed by atoms with Crippen molar-refractivity contribution in [3.8, 4) is 0 Å². The summed E-state index contributed by atoms with van der Waals surface area (Å²) in [5.74, 6) is 1.17. The predicted octanol–water partition coefficient (Wildman–Crippen LogP) is 2.55. The van der Waals surface area contributed by atoms with Crippen LogP contribution in [-0.4, -0.2) is 39.9 Å². The Labute approximate surface area is 145 Å². The molecule has 0 aromatic rings. The van der Waals surface area contributed by atoms with Crippen molar-refractivity contribution in [2.75, 3.05) is 6.61 Å². The number of hydrogen-bond donors (Lipinski definition) is 2. The molecule has 0 spiro atoms. The maximum absolute atomic E-state index is 13.4. The highest BCUT2D eigenvalue weighted by Crippen LogP contribution is 2.61. The van der Waals surface area contributed by atoms with Crippen molar-refractivity contribution in [3.63, 3.8) is 0 Å². The van der Waals surface area contributed by atoms with Crippen molar-refractivity contribution in [1.29, 1.82) is 0 Å². The second-order valence-corrected chi connectivity index (χ2v) is 10.1. The molecule has 3 aliphatic carbocycles. The van der Waals surface area contributed by atoms with Crippen molar-refractivity contribution in [3.05, 3.63) is 0 Å². The summed E-state index contributed by atoms with van der Waals surface area (Å²) in [7, 11) is 0. The summed E-state index contributed by atoms with van der Waals surface area (Å²) in [6.45, 7) is 8.88. The van der Waals surface area contributed by atoms with Gasteiger partial charge in [-0.15, -0.1) is 0 Å². The van der Waals surface area contributed by atoms with Crippen LogP contribution in [0.2, 0.25) is 0 Å². The fourth-order valence-electron chi connectivity index (χ4n) is 6.66. The van der Waals surface area contributed by atoms with E-state index in [-0.39, 0.29) is 28.8 Å². The van der Waals surface area contributed by atoms with Crippen LogP contribution in [0.25, 0.3) is 0 Å². The van der Waals surface area contributed by atoms with Crippen LogP contribution in [0.3, 0.4) is 0 Å². The van der Waals surface area contributed by atoms with Gasteiger partial charge in [-0.1, -0.05) is 6.92 Å². The zero-order chi connectivity index (χ0) is 17.5. The van der Waals surface area contributed by atoms with Gasteiger partial charge in [-0.05, 0) is 76.0 Å². The third kappa shape index (κ3) is 2.25. The lowest BCUT2D eigenvalue weighted by atomic mass is 9.54. The van der Waals surface area contributed by atoms with Crippen LogP contribution in [0.5, 0.6) is 0 Å². The molecule has 3 saturated carbocycles. The number of fused-ring (bicyclic) bond motifs is 3. The molecular weight excluding hydrogens is 304 g/mol. The minimum absolute atomic E-state index is 0.0244. The summed E-state index contributed by atoms with van der Waals surface area (Å²) in [6.07, 6.45) is 3.48. The zero-order valence-corrected chi connectivity index (χ0v) is 15.4. The van der Waals surface area contributed by atoms with Gasteiger partial charge in [0.2, 0.25) is 0 Å². The molecule has 2 N–H and O–H groups in total. The van der Waals surface area contributed by atoms with E-state index in [4.69, 9.17) is 4.74 Å². The fraction of sp³-hybridized carbons (Fsp3) is 0.950. The summed E-state index contributed by atoms with van der Waals surface area (Å²) in [6, 6.07) is 0. The second-order valence-electron chi connectivity index (χ2n) is 10.1. The van der Waals surface area contributed by atoms with Gasteiger partial charge in [0, 0.05) is 11.8 Å². The third-order valence-electron chi connectivity index (χ3n) is 8.23. The van der Waals surface area contributed by atoms with Gasteiger partial charge in [0.25, 0.3) is 0 Å². The van der Waals surface area contributed by atoms with Crippen molar-refractivity contribution < 1.29 is 19.7 Å². The Hall–Kier alpha value is -0.450. The van der Waals surface area contributed by atoms with Gasteiger partial charge < -0.3 is 14.9 Å². The minimum atomic E-state index is -1.15. The standard InChI is InChI=1S/C20H32O4/c1-18(2)14-5-6-19(3)8-11(14)13(10-24-18)17(22)12-9-20(4,23)16(21)7-15(12)19/h11-16,21,23H,5-10H2,1-4H3/t11-,12-,13-,14-,15-,16?,19+,20?/m1/s1. The second kappa shape index (κ2) is 5.05. The van der Waals surface area contributed by atoms with E-state index in [0.29, 0.717) is 37.1 Å². The van der Waals surface area contributed by atoms with Gasteiger partial charge in [-0.2, -0.15) is 0 Å². The van der Waals surface area contributed by atoms with E-state index >= 15 is 0 Å². The van der Waals surface area contributed by atoms with Gasteiger partial charge in [0.15, 0.2) is 0 Å². The van der Waals surface area contributed by atoms with Gasteiger partial charge >= 0.3 is 0 Å². The average molecular weight is 336 g/mol. The summed E-state index contributed by atoms with van der Waals surface area (Å²) in [4.78, 5) is 13.4. The van der Waals surface area contributed by atoms with Crippen molar-refractivity contribution in [2.24, 2.45) is 35.0 Å². The first-order chi connectivity index (χ1) is 11.1. The van der Waals surface area contributed by atoms with E-state index in [1.165, 1.54) is 0 Å². The Kier molecular flexibility index (Phi) is 3.57. The monoisotopic (exact) mass is 336 g/mol. The van der Waals surface area contributed by atoms with Gasteiger partial charge in [0.05, 0.1) is 23.9 Å². The van der Waals surface area contributed by atoms with E-state index < -0.39 is 11.7 Å². The first kappa shape index (κ1) is 17.0. The van der Waals surface area contributed by atoms with E-state index in [2.05, 4.69) is 20.8 Å². The quantitative estimate of drug-likeness (QED) is 0.713. The molecule has 2 bridgehead atoms. The molecule has 4 heteroatoms. The Balaban J connectivity index is 1.75. The van der Waals surface area contributed by atoms with Crippen molar-refractivity contribution in [1.82, 2.24) is 0 Å². The number of aliphatic hydroxyl groups excluding tert-OH is 1. The minimum Gasteiger partial charge on any atom is -0.390 e. The normalized spacial score (nSPS) is 56.3. The molecule has 0 amide bonds. The highest BCUT2D eigenvalue weighted by molar-refractivity contribution is 5.85. The highest BCUT2D eigenvalue weighted by atomic mass is 16.5. The first-order valence-corrected chi connectivity index (χ1v) is 9.63. The van der Waals surface area contributed by atoms with Crippen LogP contribution < -0.4 is 0 Å². The molecule has 1 heterocycles. The molecule has 24 heavy (non-hydrogen) atoms. The Morgan fingerprint density at radius 2 is 1.79 bits per heavy atom. The molecular formula is C20H32O4. The van der Waals surface area contributed by atoms with E-state index in [0.717, 1.165) is 19.3 Å². The zero-order valence-electron chi connectivity index (χ0n) is 15.4. The molecule has 0 aromatic carbocycles. The number of Topliss-reactive ketones (excluding diaryl/α,β-unsaturated/α-hetero) is 1. The molecule has 1 saturated heterocycles. The lowest BCUT2D eigenvalue weighted by molar-refractivity contribution is -0.174. The third-order valence-corrected chi connectivity index (χ3v) is 8.23. The van der Waals surface area contributed by atoms with Crippen LogP contribution in [0.15, 0.2) is 0 Å². The van der Waals surface area contributed by atoms with Crippen molar-refractivity contribution >= 4 is 5.78 Å². The summed E-state index contributed by atoms with van der Waals surface area (Å²) in [5, 5.41) is 21.0. The molecule has 4 rings (SSSR count). The number of hydrogen-bond acceptors (Lipinski definition) is 4. The topological polar surface area (TPSA) is 66.8 Å². The lowest BCUT2D eigenvalue weighted by Crippen LogP contribution is -2.53. The molecule has 2 unspecified atom stereocenters. The largest absolute Gasteiger partial charge is 0.390 e. The van der Waals surface area contributed by atoms with E-state index in [1.807, 2.05) is 0 Å². The molecule has 0 radical (unpaired) electrons. The molecule has 4 nitrogen and oxygen atoms in total. The Morgan fingerprint density at radius 3 is 2.50 bits per heavy atom. The lowest BCUT2D eigenvalue weighted by Gasteiger charge is -2.54. The maximum Gasteiger partial charge on any atom is 0.142 e.